The normalized spacial score (nSPS) is 18.3. The molecule has 0 spiro atoms. The Labute approximate surface area is 94.7 Å². The fraction of sp³-hybridized carbons (Fsp3) is 0.846. The van der Waals surface area contributed by atoms with E-state index in [1.807, 2.05) is 0 Å². The van der Waals surface area contributed by atoms with Crippen molar-refractivity contribution in [2.45, 2.75) is 33.6 Å². The number of hydrogen-bond acceptors (Lipinski definition) is 2. The highest BCUT2D eigenvalue weighted by atomic mass is 15.1. The van der Waals surface area contributed by atoms with Crippen LogP contribution in [-0.4, -0.2) is 37.6 Å². The molecule has 2 heteroatoms. The first kappa shape index (κ1) is 12.7. The largest absolute Gasteiger partial charge is 0.316 e. The Bertz CT molecular complexity index is 197. The molecule has 0 atom stereocenters. The minimum atomic E-state index is 0.389. The maximum atomic E-state index is 3.52. The van der Waals surface area contributed by atoms with Gasteiger partial charge in [-0.1, -0.05) is 32.9 Å². The topological polar surface area (TPSA) is 15.3 Å². The third-order valence-electron chi connectivity index (χ3n) is 2.82. The fourth-order valence-corrected chi connectivity index (χ4v) is 2.10. The number of hydrogen-bond donors (Lipinski definition) is 1. The summed E-state index contributed by atoms with van der Waals surface area (Å²) in [6.07, 6.45) is 7.03. The van der Waals surface area contributed by atoms with Gasteiger partial charge in [0.25, 0.3) is 0 Å². The molecule has 0 unspecified atom stereocenters. The molecular weight excluding hydrogens is 184 g/mol. The predicted molar refractivity (Wildman–Crippen MR) is 67.1 cm³/mol. The van der Waals surface area contributed by atoms with Crippen molar-refractivity contribution >= 4 is 0 Å². The fourth-order valence-electron chi connectivity index (χ4n) is 2.10. The van der Waals surface area contributed by atoms with E-state index in [2.05, 4.69) is 43.1 Å². The van der Waals surface area contributed by atoms with Crippen molar-refractivity contribution < 1.29 is 0 Å². The highest BCUT2D eigenvalue weighted by molar-refractivity contribution is 4.92. The maximum absolute atomic E-state index is 3.52. The average Bonchev–Trinajstić information content (AvgIpc) is 2.18. The summed E-state index contributed by atoms with van der Waals surface area (Å²) in [5.74, 6) is 0. The van der Waals surface area contributed by atoms with E-state index in [0.717, 1.165) is 19.6 Å². The van der Waals surface area contributed by atoms with Crippen LogP contribution in [0.3, 0.4) is 0 Å². The molecule has 1 rings (SSSR count). The van der Waals surface area contributed by atoms with E-state index in [9.17, 15) is 0 Å². The van der Waals surface area contributed by atoms with Crippen LogP contribution in [-0.2, 0) is 0 Å². The van der Waals surface area contributed by atoms with Gasteiger partial charge < -0.3 is 5.32 Å². The predicted octanol–water partition coefficient (Wildman–Crippen LogP) is 2.27. The number of nitrogens with zero attached hydrogens (tertiary/aromatic N) is 1. The molecule has 0 saturated carbocycles. The molecule has 0 aromatic carbocycles. The lowest BCUT2D eigenvalue weighted by Gasteiger charge is -2.33. The van der Waals surface area contributed by atoms with Gasteiger partial charge in [-0.05, 0) is 24.8 Å². The van der Waals surface area contributed by atoms with Crippen molar-refractivity contribution in [2.24, 2.45) is 5.41 Å². The van der Waals surface area contributed by atoms with Crippen LogP contribution in [0.2, 0.25) is 0 Å². The summed E-state index contributed by atoms with van der Waals surface area (Å²) in [7, 11) is 0. The first-order chi connectivity index (χ1) is 7.14. The van der Waals surface area contributed by atoms with Crippen molar-refractivity contribution in [2.75, 3.05) is 32.7 Å². The third-order valence-corrected chi connectivity index (χ3v) is 2.82. The van der Waals surface area contributed by atoms with Gasteiger partial charge in [0.15, 0.2) is 0 Å². The van der Waals surface area contributed by atoms with Gasteiger partial charge in [-0.2, -0.15) is 0 Å². The van der Waals surface area contributed by atoms with E-state index in [-0.39, 0.29) is 0 Å². The van der Waals surface area contributed by atoms with E-state index in [4.69, 9.17) is 0 Å². The van der Waals surface area contributed by atoms with Crippen molar-refractivity contribution in [1.82, 2.24) is 10.2 Å². The highest BCUT2D eigenvalue weighted by Gasteiger charge is 2.21. The minimum Gasteiger partial charge on any atom is -0.316 e. The summed E-state index contributed by atoms with van der Waals surface area (Å²) in [6, 6.07) is 0. The number of rotatable bonds is 6. The Morgan fingerprint density at radius 2 is 2.13 bits per heavy atom. The second-order valence-corrected chi connectivity index (χ2v) is 5.34. The molecule has 2 nitrogen and oxygen atoms in total. The molecule has 88 valence electrons. The summed E-state index contributed by atoms with van der Waals surface area (Å²) < 4.78 is 0. The maximum Gasteiger partial charge on any atom is 0.0163 e. The van der Waals surface area contributed by atoms with Gasteiger partial charge >= 0.3 is 0 Å². The minimum absolute atomic E-state index is 0.389. The lowest BCUT2D eigenvalue weighted by molar-refractivity contribution is 0.186. The van der Waals surface area contributed by atoms with Gasteiger partial charge in [-0.25, -0.2) is 0 Å². The Morgan fingerprint density at radius 1 is 1.33 bits per heavy atom. The highest BCUT2D eigenvalue weighted by Crippen LogP contribution is 2.17. The molecule has 0 aliphatic carbocycles. The standard InChI is InChI=1S/C13H26N2/c1-4-8-14-11-13(2,3)12-15-9-6-5-7-10-15/h5-6,14H,4,7-12H2,1-3H3. The van der Waals surface area contributed by atoms with Crippen molar-refractivity contribution in [3.8, 4) is 0 Å². The van der Waals surface area contributed by atoms with Crippen LogP contribution in [0.25, 0.3) is 0 Å². The van der Waals surface area contributed by atoms with E-state index < -0.39 is 0 Å². The van der Waals surface area contributed by atoms with E-state index in [1.165, 1.54) is 25.9 Å². The molecule has 0 fully saturated rings. The van der Waals surface area contributed by atoms with E-state index >= 15 is 0 Å². The zero-order valence-electron chi connectivity index (χ0n) is 10.6. The zero-order chi connectivity index (χ0) is 11.1. The second kappa shape index (κ2) is 6.29. The molecule has 0 bridgehead atoms. The Kier molecular flexibility index (Phi) is 5.34. The van der Waals surface area contributed by atoms with Gasteiger partial charge in [0, 0.05) is 26.2 Å². The lowest BCUT2D eigenvalue weighted by Crippen LogP contribution is -2.41. The van der Waals surface area contributed by atoms with Gasteiger partial charge in [-0.15, -0.1) is 0 Å². The quantitative estimate of drug-likeness (QED) is 0.534. The molecular formula is C13H26N2. The van der Waals surface area contributed by atoms with Crippen molar-refractivity contribution in [1.29, 1.82) is 0 Å². The summed E-state index contributed by atoms with van der Waals surface area (Å²) in [5, 5.41) is 3.52. The lowest BCUT2D eigenvalue weighted by atomic mass is 9.92. The molecule has 1 heterocycles. The van der Waals surface area contributed by atoms with Crippen molar-refractivity contribution in [3.05, 3.63) is 12.2 Å². The van der Waals surface area contributed by atoms with Crippen LogP contribution < -0.4 is 5.32 Å². The summed E-state index contributed by atoms with van der Waals surface area (Å²) in [6.45, 7) is 12.8. The van der Waals surface area contributed by atoms with Gasteiger partial charge in [0.2, 0.25) is 0 Å². The molecule has 0 amide bonds. The van der Waals surface area contributed by atoms with Crippen LogP contribution >= 0.6 is 0 Å². The van der Waals surface area contributed by atoms with E-state index in [1.54, 1.807) is 0 Å². The Balaban J connectivity index is 2.24. The van der Waals surface area contributed by atoms with Crippen LogP contribution in [0.15, 0.2) is 12.2 Å². The molecule has 1 N–H and O–H groups in total. The van der Waals surface area contributed by atoms with Gasteiger partial charge in [-0.3, -0.25) is 4.90 Å². The Hall–Kier alpha value is -0.340. The Morgan fingerprint density at radius 3 is 2.73 bits per heavy atom. The summed E-state index contributed by atoms with van der Waals surface area (Å²) >= 11 is 0. The van der Waals surface area contributed by atoms with Crippen LogP contribution in [0.5, 0.6) is 0 Å². The van der Waals surface area contributed by atoms with Gasteiger partial charge in [0.05, 0.1) is 0 Å². The van der Waals surface area contributed by atoms with Gasteiger partial charge in [0.1, 0.15) is 0 Å². The monoisotopic (exact) mass is 210 g/mol. The molecule has 0 aromatic heterocycles. The molecule has 0 aromatic rings. The zero-order valence-corrected chi connectivity index (χ0v) is 10.6. The summed E-state index contributed by atoms with van der Waals surface area (Å²) in [5.41, 5.74) is 0.389. The molecule has 15 heavy (non-hydrogen) atoms. The smallest absolute Gasteiger partial charge is 0.0163 e. The third kappa shape index (κ3) is 5.33. The van der Waals surface area contributed by atoms with Crippen LogP contribution in [0, 0.1) is 5.41 Å². The molecule has 1 aliphatic rings. The first-order valence-corrected chi connectivity index (χ1v) is 6.22. The first-order valence-electron chi connectivity index (χ1n) is 6.22. The van der Waals surface area contributed by atoms with Crippen LogP contribution in [0.1, 0.15) is 33.6 Å². The van der Waals surface area contributed by atoms with Crippen LogP contribution in [0.4, 0.5) is 0 Å². The molecule has 1 aliphatic heterocycles. The molecule has 0 radical (unpaired) electrons. The van der Waals surface area contributed by atoms with E-state index in [0.29, 0.717) is 5.41 Å². The summed E-state index contributed by atoms with van der Waals surface area (Å²) in [4.78, 5) is 2.55. The number of nitrogens with one attached hydrogen (secondary N) is 1. The average molecular weight is 210 g/mol. The van der Waals surface area contributed by atoms with Crippen molar-refractivity contribution in [3.63, 3.8) is 0 Å². The molecule has 0 saturated heterocycles. The SMILES string of the molecule is CCCNCC(C)(C)CN1CC=CCC1. The second-order valence-electron chi connectivity index (χ2n) is 5.34.